The van der Waals surface area contributed by atoms with Crippen molar-refractivity contribution in [1.29, 1.82) is 0 Å². The summed E-state index contributed by atoms with van der Waals surface area (Å²) in [6, 6.07) is 14.2. The van der Waals surface area contributed by atoms with E-state index in [-0.39, 0.29) is 11.4 Å². The van der Waals surface area contributed by atoms with Crippen molar-refractivity contribution >= 4 is 22.4 Å². The average Bonchev–Trinajstić information content (AvgIpc) is 2.98. The normalized spacial score (nSPS) is 21.6. The van der Waals surface area contributed by atoms with Crippen LogP contribution >= 0.6 is 0 Å². The molecule has 2 aromatic carbocycles. The van der Waals surface area contributed by atoms with Gasteiger partial charge in [0.05, 0.1) is 5.54 Å². The minimum Gasteiger partial charge on any atom is -0.324 e. The fraction of sp³-hybridized carbons (Fsp3) is 0.389. The smallest absolute Gasteiger partial charge is 0.244 e. The van der Waals surface area contributed by atoms with Crippen molar-refractivity contribution in [3.63, 3.8) is 0 Å². The number of hydrogen-bond donors (Lipinski definition) is 2. The molecule has 3 rings (SSSR count). The molecule has 2 aromatic rings. The Morgan fingerprint density at radius 2 is 2.05 bits per heavy atom. The highest BCUT2D eigenvalue weighted by atomic mass is 16.2. The molecular weight excluding hydrogens is 260 g/mol. The molecule has 0 spiro atoms. The van der Waals surface area contributed by atoms with Crippen LogP contribution in [-0.4, -0.2) is 18.0 Å². The molecule has 1 aliphatic rings. The molecule has 21 heavy (non-hydrogen) atoms. The minimum absolute atomic E-state index is 0.109. The molecule has 110 valence electrons. The molecule has 0 saturated carbocycles. The number of carbonyl (C=O) groups is 1. The molecule has 0 bridgehead atoms. The first-order valence-electron chi connectivity index (χ1n) is 7.79. The highest BCUT2D eigenvalue weighted by molar-refractivity contribution is 6.05. The van der Waals surface area contributed by atoms with Gasteiger partial charge in [-0.2, -0.15) is 0 Å². The first-order chi connectivity index (χ1) is 10.2. The van der Waals surface area contributed by atoms with Crippen molar-refractivity contribution in [2.75, 3.05) is 11.9 Å². The van der Waals surface area contributed by atoms with Crippen LogP contribution in [0.2, 0.25) is 0 Å². The molecule has 1 saturated heterocycles. The predicted octanol–water partition coefficient (Wildman–Crippen LogP) is 3.70. The van der Waals surface area contributed by atoms with E-state index in [1.165, 1.54) is 0 Å². The molecule has 1 aliphatic heterocycles. The average molecular weight is 282 g/mol. The van der Waals surface area contributed by atoms with Crippen LogP contribution in [0.15, 0.2) is 42.5 Å². The quantitative estimate of drug-likeness (QED) is 0.897. The van der Waals surface area contributed by atoms with Crippen LogP contribution < -0.4 is 10.6 Å². The minimum atomic E-state index is -0.383. The summed E-state index contributed by atoms with van der Waals surface area (Å²) in [5.74, 6) is 0.109. The SMILES string of the molecule is CCCC1(C(=O)Nc2cccc3ccccc23)CCCN1. The Labute approximate surface area is 125 Å². The summed E-state index contributed by atoms with van der Waals surface area (Å²) in [7, 11) is 0. The van der Waals surface area contributed by atoms with Crippen LogP contribution in [0.25, 0.3) is 10.8 Å². The van der Waals surface area contributed by atoms with Gasteiger partial charge in [0.25, 0.3) is 0 Å². The van der Waals surface area contributed by atoms with Gasteiger partial charge >= 0.3 is 0 Å². The van der Waals surface area contributed by atoms with Crippen LogP contribution in [0.1, 0.15) is 32.6 Å². The fourth-order valence-corrected chi connectivity index (χ4v) is 3.33. The number of rotatable bonds is 4. The second-order valence-electron chi connectivity index (χ2n) is 5.84. The number of nitrogens with one attached hydrogen (secondary N) is 2. The summed E-state index contributed by atoms with van der Waals surface area (Å²) in [6.07, 6.45) is 3.90. The lowest BCUT2D eigenvalue weighted by Gasteiger charge is -2.28. The van der Waals surface area contributed by atoms with Gasteiger partial charge in [-0.15, -0.1) is 0 Å². The van der Waals surface area contributed by atoms with Gasteiger partial charge in [-0.05, 0) is 37.3 Å². The highest BCUT2D eigenvalue weighted by Crippen LogP contribution is 2.29. The molecule has 1 atom stereocenters. The van der Waals surface area contributed by atoms with E-state index in [2.05, 4.69) is 35.8 Å². The van der Waals surface area contributed by atoms with Crippen LogP contribution in [-0.2, 0) is 4.79 Å². The fourth-order valence-electron chi connectivity index (χ4n) is 3.33. The highest BCUT2D eigenvalue weighted by Gasteiger charge is 2.39. The van der Waals surface area contributed by atoms with Crippen molar-refractivity contribution < 1.29 is 4.79 Å². The number of anilines is 1. The zero-order valence-corrected chi connectivity index (χ0v) is 12.5. The van der Waals surface area contributed by atoms with Crippen LogP contribution in [0.5, 0.6) is 0 Å². The van der Waals surface area contributed by atoms with Crippen LogP contribution in [0, 0.1) is 0 Å². The third-order valence-corrected chi connectivity index (χ3v) is 4.39. The summed E-state index contributed by atoms with van der Waals surface area (Å²) in [5.41, 5.74) is 0.522. The van der Waals surface area contributed by atoms with E-state index in [9.17, 15) is 4.79 Å². The second kappa shape index (κ2) is 5.86. The van der Waals surface area contributed by atoms with Crippen LogP contribution in [0.3, 0.4) is 0 Å². The molecule has 0 aromatic heterocycles. The van der Waals surface area contributed by atoms with Gasteiger partial charge in [0.2, 0.25) is 5.91 Å². The molecule has 1 fully saturated rings. The second-order valence-corrected chi connectivity index (χ2v) is 5.84. The van der Waals surface area contributed by atoms with Crippen molar-refractivity contribution in [3.8, 4) is 0 Å². The van der Waals surface area contributed by atoms with E-state index in [0.717, 1.165) is 48.7 Å². The Morgan fingerprint density at radius 3 is 2.81 bits per heavy atom. The summed E-state index contributed by atoms with van der Waals surface area (Å²) in [5, 5.41) is 8.83. The van der Waals surface area contributed by atoms with E-state index >= 15 is 0 Å². The predicted molar refractivity (Wildman–Crippen MR) is 87.5 cm³/mol. The van der Waals surface area contributed by atoms with Gasteiger partial charge in [-0.3, -0.25) is 4.79 Å². The van der Waals surface area contributed by atoms with Gasteiger partial charge in [-0.1, -0.05) is 49.7 Å². The van der Waals surface area contributed by atoms with Crippen molar-refractivity contribution in [2.45, 2.75) is 38.1 Å². The van der Waals surface area contributed by atoms with Gasteiger partial charge in [0.15, 0.2) is 0 Å². The van der Waals surface area contributed by atoms with E-state index < -0.39 is 0 Å². The molecule has 2 N–H and O–H groups in total. The lowest BCUT2D eigenvalue weighted by molar-refractivity contribution is -0.122. The third-order valence-electron chi connectivity index (χ3n) is 4.39. The number of benzene rings is 2. The van der Waals surface area contributed by atoms with E-state index in [1.54, 1.807) is 0 Å². The topological polar surface area (TPSA) is 41.1 Å². The van der Waals surface area contributed by atoms with Gasteiger partial charge in [-0.25, -0.2) is 0 Å². The van der Waals surface area contributed by atoms with Crippen LogP contribution in [0.4, 0.5) is 5.69 Å². The molecular formula is C18H22N2O. The Hall–Kier alpha value is -1.87. The van der Waals surface area contributed by atoms with Gasteiger partial charge in [0, 0.05) is 11.1 Å². The first-order valence-corrected chi connectivity index (χ1v) is 7.79. The van der Waals surface area contributed by atoms with E-state index in [1.807, 2.05) is 24.3 Å². The Morgan fingerprint density at radius 1 is 1.24 bits per heavy atom. The maximum absolute atomic E-state index is 12.8. The lowest BCUT2D eigenvalue weighted by Crippen LogP contribution is -2.50. The molecule has 1 unspecified atom stereocenters. The Balaban J connectivity index is 1.89. The number of carbonyl (C=O) groups excluding carboxylic acids is 1. The Bertz CT molecular complexity index is 639. The van der Waals surface area contributed by atoms with E-state index in [4.69, 9.17) is 0 Å². The Kier molecular flexibility index (Phi) is 3.93. The number of amides is 1. The van der Waals surface area contributed by atoms with Crippen molar-refractivity contribution in [1.82, 2.24) is 5.32 Å². The number of hydrogen-bond acceptors (Lipinski definition) is 2. The molecule has 3 nitrogen and oxygen atoms in total. The van der Waals surface area contributed by atoms with E-state index in [0.29, 0.717) is 0 Å². The standard InChI is InChI=1S/C18H22N2O/c1-2-11-18(12-6-13-19-18)17(21)20-16-10-5-8-14-7-3-4-9-15(14)16/h3-5,7-10,19H,2,6,11-13H2,1H3,(H,20,21). The summed E-state index contributed by atoms with van der Waals surface area (Å²) < 4.78 is 0. The maximum atomic E-state index is 12.8. The summed E-state index contributed by atoms with van der Waals surface area (Å²) in [4.78, 5) is 12.8. The molecule has 3 heteroatoms. The maximum Gasteiger partial charge on any atom is 0.244 e. The summed E-state index contributed by atoms with van der Waals surface area (Å²) in [6.45, 7) is 3.07. The molecule has 0 radical (unpaired) electrons. The van der Waals surface area contributed by atoms with Gasteiger partial charge < -0.3 is 10.6 Å². The zero-order valence-electron chi connectivity index (χ0n) is 12.5. The summed E-state index contributed by atoms with van der Waals surface area (Å²) >= 11 is 0. The van der Waals surface area contributed by atoms with Gasteiger partial charge in [0.1, 0.15) is 0 Å². The first kappa shape index (κ1) is 14.1. The number of fused-ring (bicyclic) bond motifs is 1. The van der Waals surface area contributed by atoms with Crippen molar-refractivity contribution in [2.24, 2.45) is 0 Å². The molecule has 1 heterocycles. The third kappa shape index (κ3) is 2.66. The molecule has 1 amide bonds. The van der Waals surface area contributed by atoms with Crippen molar-refractivity contribution in [3.05, 3.63) is 42.5 Å². The lowest BCUT2D eigenvalue weighted by atomic mass is 9.90. The molecule has 0 aliphatic carbocycles. The zero-order chi connectivity index (χ0) is 14.7. The largest absolute Gasteiger partial charge is 0.324 e. The monoisotopic (exact) mass is 282 g/mol.